The van der Waals surface area contributed by atoms with Gasteiger partial charge >= 0.3 is 6.18 Å². The van der Waals surface area contributed by atoms with Crippen molar-refractivity contribution in [3.8, 4) is 5.88 Å². The number of amides is 2. The number of aromatic nitrogens is 2. The van der Waals surface area contributed by atoms with Gasteiger partial charge in [-0.2, -0.15) is 13.2 Å². The Kier molecular flexibility index (Phi) is 8.94. The zero-order valence-corrected chi connectivity index (χ0v) is 18.0. The molecule has 0 aliphatic rings. The Balaban J connectivity index is 2.10. The molecular weight excluding hydrogens is 429 g/mol. The standard InChI is InChI=1S/C21H25F3N4O4/c1-4-18(29)28-17-7-6-15(16(27-17)9-10-31-3)20(30)26-13(2)14-5-8-19(25-11-14)32-12-21(22,23)24/h5-8,11,13H,4,9-10,12H2,1-3H3,(H,26,30)(H,27,28,29). The molecule has 2 rings (SSSR count). The molecule has 2 heterocycles. The topological polar surface area (TPSA) is 102 Å². The average Bonchev–Trinajstić information content (AvgIpc) is 2.76. The number of ether oxygens (including phenoxy) is 2. The number of halogens is 3. The molecule has 2 aromatic rings. The van der Waals surface area contributed by atoms with Crippen LogP contribution in [0.2, 0.25) is 0 Å². The third-order valence-electron chi connectivity index (χ3n) is 4.34. The number of hydrogen-bond donors (Lipinski definition) is 2. The van der Waals surface area contributed by atoms with Crippen LogP contribution in [0.4, 0.5) is 19.0 Å². The van der Waals surface area contributed by atoms with Gasteiger partial charge in [-0.3, -0.25) is 9.59 Å². The van der Waals surface area contributed by atoms with Gasteiger partial charge in [-0.05, 0) is 24.6 Å². The van der Waals surface area contributed by atoms with E-state index in [0.717, 1.165) is 0 Å². The van der Waals surface area contributed by atoms with Crippen LogP contribution in [0.3, 0.4) is 0 Å². The fraction of sp³-hybridized carbons (Fsp3) is 0.429. The molecule has 1 atom stereocenters. The van der Waals surface area contributed by atoms with E-state index in [2.05, 4.69) is 25.3 Å². The van der Waals surface area contributed by atoms with E-state index in [1.165, 1.54) is 31.5 Å². The Labute approximate surface area is 183 Å². The predicted octanol–water partition coefficient (Wildman–Crippen LogP) is 3.45. The summed E-state index contributed by atoms with van der Waals surface area (Å²) in [7, 11) is 1.53. The minimum Gasteiger partial charge on any atom is -0.468 e. The first kappa shape index (κ1) is 25.1. The van der Waals surface area contributed by atoms with Gasteiger partial charge in [0, 0.05) is 32.2 Å². The van der Waals surface area contributed by atoms with E-state index in [9.17, 15) is 22.8 Å². The first-order valence-corrected chi connectivity index (χ1v) is 9.88. The molecule has 0 fully saturated rings. The van der Waals surface area contributed by atoms with Crippen molar-refractivity contribution in [3.63, 3.8) is 0 Å². The van der Waals surface area contributed by atoms with Gasteiger partial charge in [-0.15, -0.1) is 0 Å². The fourth-order valence-electron chi connectivity index (χ4n) is 2.65. The van der Waals surface area contributed by atoms with Gasteiger partial charge in [0.1, 0.15) is 5.82 Å². The largest absolute Gasteiger partial charge is 0.468 e. The maximum Gasteiger partial charge on any atom is 0.422 e. The van der Waals surface area contributed by atoms with Gasteiger partial charge in [-0.25, -0.2) is 9.97 Å². The van der Waals surface area contributed by atoms with Crippen LogP contribution in [0.1, 0.15) is 47.9 Å². The minimum absolute atomic E-state index is 0.166. The van der Waals surface area contributed by atoms with Crippen LogP contribution in [-0.2, 0) is 16.0 Å². The third-order valence-corrected chi connectivity index (χ3v) is 4.34. The SMILES string of the molecule is CCC(=O)Nc1ccc(C(=O)NC(C)c2ccc(OCC(F)(F)F)nc2)c(CCOC)n1. The molecule has 2 aromatic heterocycles. The van der Waals surface area contributed by atoms with E-state index in [1.807, 2.05) is 0 Å². The molecule has 0 saturated heterocycles. The second-order valence-corrected chi connectivity index (χ2v) is 6.86. The summed E-state index contributed by atoms with van der Waals surface area (Å²) < 4.78 is 46.4. The van der Waals surface area contributed by atoms with Crippen molar-refractivity contribution in [2.75, 3.05) is 25.6 Å². The number of pyridine rings is 2. The number of carbonyl (C=O) groups is 2. The molecule has 0 aliphatic carbocycles. The van der Waals surface area contributed by atoms with Crippen molar-refractivity contribution < 1.29 is 32.2 Å². The lowest BCUT2D eigenvalue weighted by atomic mass is 10.1. The Hall–Kier alpha value is -3.21. The maximum atomic E-state index is 12.8. The molecule has 0 aliphatic heterocycles. The van der Waals surface area contributed by atoms with Crippen molar-refractivity contribution in [2.24, 2.45) is 0 Å². The summed E-state index contributed by atoms with van der Waals surface area (Å²) in [6, 6.07) is 5.45. The Bertz CT molecular complexity index is 920. The summed E-state index contributed by atoms with van der Waals surface area (Å²) in [5, 5.41) is 5.46. The van der Waals surface area contributed by atoms with Crippen LogP contribution in [-0.4, -0.2) is 48.3 Å². The van der Waals surface area contributed by atoms with Crippen molar-refractivity contribution >= 4 is 17.6 Å². The second-order valence-electron chi connectivity index (χ2n) is 6.86. The summed E-state index contributed by atoms with van der Waals surface area (Å²) in [6.07, 6.45) is -2.46. The lowest BCUT2D eigenvalue weighted by Gasteiger charge is -2.17. The first-order chi connectivity index (χ1) is 15.1. The molecular formula is C21H25F3N4O4. The fourth-order valence-corrected chi connectivity index (χ4v) is 2.65. The third kappa shape index (κ3) is 7.80. The molecule has 0 spiro atoms. The molecule has 11 heteroatoms. The molecule has 0 radical (unpaired) electrons. The molecule has 8 nitrogen and oxygen atoms in total. The maximum absolute atomic E-state index is 12.8. The van der Waals surface area contributed by atoms with E-state index in [-0.39, 0.29) is 11.8 Å². The number of alkyl halides is 3. The van der Waals surface area contributed by atoms with Crippen LogP contribution >= 0.6 is 0 Å². The highest BCUT2D eigenvalue weighted by Gasteiger charge is 2.28. The van der Waals surface area contributed by atoms with Gasteiger partial charge in [0.2, 0.25) is 11.8 Å². The summed E-state index contributed by atoms with van der Waals surface area (Å²) in [4.78, 5) is 32.7. The van der Waals surface area contributed by atoms with Crippen LogP contribution in [0, 0.1) is 0 Å². The first-order valence-electron chi connectivity index (χ1n) is 9.88. The predicted molar refractivity (Wildman–Crippen MR) is 110 cm³/mol. The Morgan fingerprint density at radius 2 is 1.94 bits per heavy atom. The summed E-state index contributed by atoms with van der Waals surface area (Å²) in [6.45, 7) is 2.33. The monoisotopic (exact) mass is 454 g/mol. The number of hydrogen-bond acceptors (Lipinski definition) is 6. The van der Waals surface area contributed by atoms with Crippen molar-refractivity contribution in [1.29, 1.82) is 0 Å². The van der Waals surface area contributed by atoms with E-state index >= 15 is 0 Å². The number of nitrogens with one attached hydrogen (secondary N) is 2. The minimum atomic E-state index is -4.45. The zero-order valence-electron chi connectivity index (χ0n) is 18.0. The summed E-state index contributed by atoms with van der Waals surface area (Å²) in [5.41, 5.74) is 1.36. The highest BCUT2D eigenvalue weighted by Crippen LogP contribution is 2.20. The van der Waals surface area contributed by atoms with Gasteiger partial charge in [-0.1, -0.05) is 13.0 Å². The summed E-state index contributed by atoms with van der Waals surface area (Å²) in [5.74, 6) is -0.426. The van der Waals surface area contributed by atoms with Crippen molar-refractivity contribution in [2.45, 2.75) is 38.9 Å². The second kappa shape index (κ2) is 11.4. The summed E-state index contributed by atoms with van der Waals surface area (Å²) >= 11 is 0. The molecule has 32 heavy (non-hydrogen) atoms. The average molecular weight is 454 g/mol. The van der Waals surface area contributed by atoms with E-state index in [0.29, 0.717) is 42.1 Å². The number of rotatable bonds is 10. The van der Waals surface area contributed by atoms with Gasteiger partial charge < -0.3 is 20.1 Å². The van der Waals surface area contributed by atoms with E-state index in [1.54, 1.807) is 19.9 Å². The molecule has 1 unspecified atom stereocenters. The molecule has 2 amide bonds. The number of carbonyl (C=O) groups excluding carboxylic acids is 2. The van der Waals surface area contributed by atoms with Gasteiger partial charge in [0.15, 0.2) is 6.61 Å². The Morgan fingerprint density at radius 1 is 1.19 bits per heavy atom. The molecule has 0 saturated carbocycles. The highest BCUT2D eigenvalue weighted by molar-refractivity contribution is 5.96. The molecule has 2 N–H and O–H groups in total. The Morgan fingerprint density at radius 3 is 2.53 bits per heavy atom. The van der Waals surface area contributed by atoms with Crippen LogP contribution in [0.15, 0.2) is 30.5 Å². The van der Waals surface area contributed by atoms with Crippen molar-refractivity contribution in [3.05, 3.63) is 47.3 Å². The van der Waals surface area contributed by atoms with Crippen LogP contribution in [0.5, 0.6) is 5.88 Å². The lowest BCUT2D eigenvalue weighted by molar-refractivity contribution is -0.154. The van der Waals surface area contributed by atoms with Gasteiger partial charge in [0.25, 0.3) is 5.91 Å². The molecule has 0 aromatic carbocycles. The number of methoxy groups -OCH3 is 1. The smallest absolute Gasteiger partial charge is 0.422 e. The number of nitrogens with zero attached hydrogens (tertiary/aromatic N) is 2. The number of anilines is 1. The van der Waals surface area contributed by atoms with Crippen LogP contribution in [0.25, 0.3) is 0 Å². The zero-order chi connectivity index (χ0) is 23.7. The van der Waals surface area contributed by atoms with Gasteiger partial charge in [0.05, 0.1) is 23.9 Å². The van der Waals surface area contributed by atoms with E-state index < -0.39 is 24.7 Å². The molecule has 0 bridgehead atoms. The molecule has 174 valence electrons. The normalized spacial score (nSPS) is 12.2. The quantitative estimate of drug-likeness (QED) is 0.570. The lowest BCUT2D eigenvalue weighted by Crippen LogP contribution is -2.28. The van der Waals surface area contributed by atoms with Crippen molar-refractivity contribution in [1.82, 2.24) is 15.3 Å². The highest BCUT2D eigenvalue weighted by atomic mass is 19.4. The van der Waals surface area contributed by atoms with E-state index in [4.69, 9.17) is 4.74 Å². The van der Waals surface area contributed by atoms with Crippen LogP contribution < -0.4 is 15.4 Å².